The average molecular weight is 349 g/mol. The summed E-state index contributed by atoms with van der Waals surface area (Å²) in [4.78, 5) is 39.7. The summed E-state index contributed by atoms with van der Waals surface area (Å²) in [5.41, 5.74) is 0.463. The van der Waals surface area contributed by atoms with E-state index in [4.69, 9.17) is 0 Å². The molecule has 1 aliphatic carbocycles. The molecule has 2 aliphatic rings. The number of imide groups is 1. The number of rotatable bonds is 6. The predicted molar refractivity (Wildman–Crippen MR) is 91.5 cm³/mol. The second-order valence-corrected chi connectivity index (χ2v) is 7.44. The summed E-state index contributed by atoms with van der Waals surface area (Å²) < 4.78 is 0. The van der Waals surface area contributed by atoms with Crippen molar-refractivity contribution in [2.75, 3.05) is 13.6 Å². The third-order valence-electron chi connectivity index (χ3n) is 4.90. The Morgan fingerprint density at radius 3 is 2.79 bits per heavy atom. The summed E-state index contributed by atoms with van der Waals surface area (Å²) >= 11 is 1.61. The van der Waals surface area contributed by atoms with Gasteiger partial charge in [0.05, 0.1) is 0 Å². The average Bonchev–Trinajstić information content (AvgIpc) is 3.26. The van der Waals surface area contributed by atoms with Gasteiger partial charge < -0.3 is 10.2 Å². The van der Waals surface area contributed by atoms with E-state index < -0.39 is 5.54 Å². The molecule has 1 aromatic rings. The number of amides is 4. The van der Waals surface area contributed by atoms with Crippen LogP contribution in [0.25, 0.3) is 0 Å². The van der Waals surface area contributed by atoms with Gasteiger partial charge in [-0.05, 0) is 41.7 Å². The normalized spacial score (nSPS) is 19.1. The molecule has 0 atom stereocenters. The van der Waals surface area contributed by atoms with Gasteiger partial charge in [0, 0.05) is 26.6 Å². The van der Waals surface area contributed by atoms with Crippen molar-refractivity contribution in [3.63, 3.8) is 0 Å². The molecule has 4 amide bonds. The van der Waals surface area contributed by atoms with Crippen molar-refractivity contribution in [1.29, 1.82) is 0 Å². The zero-order valence-electron chi connectivity index (χ0n) is 13.9. The molecule has 1 N–H and O–H groups in total. The molecule has 3 rings (SSSR count). The third kappa shape index (κ3) is 3.31. The second-order valence-electron chi connectivity index (χ2n) is 6.66. The molecule has 130 valence electrons. The molecular weight excluding hydrogens is 326 g/mol. The number of nitrogens with zero attached hydrogens (tertiary/aromatic N) is 2. The minimum absolute atomic E-state index is 0.0313. The van der Waals surface area contributed by atoms with E-state index in [1.807, 2.05) is 16.8 Å². The Bertz CT molecular complexity index is 623. The van der Waals surface area contributed by atoms with Gasteiger partial charge in [0.2, 0.25) is 5.91 Å². The van der Waals surface area contributed by atoms with Gasteiger partial charge >= 0.3 is 6.03 Å². The van der Waals surface area contributed by atoms with Crippen molar-refractivity contribution in [2.24, 2.45) is 0 Å². The van der Waals surface area contributed by atoms with Crippen LogP contribution in [0.1, 0.15) is 44.1 Å². The zero-order chi connectivity index (χ0) is 17.2. The standard InChI is InChI=1S/C17H23N3O3S/c1-19(11-13-6-10-24-12-13)14(21)5-4-9-20-15(22)17(18-16(20)23)7-2-3-8-17/h6,10,12H,2-5,7-9,11H2,1H3,(H,18,23). The Kier molecular flexibility index (Phi) is 4.89. The van der Waals surface area contributed by atoms with E-state index in [1.165, 1.54) is 4.90 Å². The Labute approximate surface area is 145 Å². The van der Waals surface area contributed by atoms with E-state index >= 15 is 0 Å². The molecule has 1 spiro atoms. The van der Waals surface area contributed by atoms with Crippen LogP contribution in [0.3, 0.4) is 0 Å². The lowest BCUT2D eigenvalue weighted by molar-refractivity contribution is -0.133. The summed E-state index contributed by atoms with van der Waals surface area (Å²) in [5, 5.41) is 6.88. The number of hydrogen-bond acceptors (Lipinski definition) is 4. The van der Waals surface area contributed by atoms with Gasteiger partial charge in [-0.2, -0.15) is 11.3 Å². The Morgan fingerprint density at radius 2 is 2.12 bits per heavy atom. The van der Waals surface area contributed by atoms with Gasteiger partial charge in [-0.1, -0.05) is 12.8 Å². The Morgan fingerprint density at radius 1 is 1.38 bits per heavy atom. The van der Waals surface area contributed by atoms with Crippen molar-refractivity contribution in [2.45, 2.75) is 50.6 Å². The lowest BCUT2D eigenvalue weighted by Crippen LogP contribution is -2.44. The summed E-state index contributed by atoms with van der Waals surface area (Å²) in [6.45, 7) is 0.902. The third-order valence-corrected chi connectivity index (χ3v) is 5.63. The maximum atomic E-state index is 12.5. The molecular formula is C17H23N3O3S. The Balaban J connectivity index is 1.46. The lowest BCUT2D eigenvalue weighted by Gasteiger charge is -2.20. The number of nitrogens with one attached hydrogen (secondary N) is 1. The van der Waals surface area contributed by atoms with E-state index in [0.29, 0.717) is 25.9 Å². The molecule has 7 heteroatoms. The molecule has 1 aromatic heterocycles. The predicted octanol–water partition coefficient (Wildman–Crippen LogP) is 2.35. The quantitative estimate of drug-likeness (QED) is 0.802. The van der Waals surface area contributed by atoms with Crippen LogP contribution < -0.4 is 5.32 Å². The fourth-order valence-electron chi connectivity index (χ4n) is 3.52. The molecule has 2 fully saturated rings. The van der Waals surface area contributed by atoms with E-state index in [9.17, 15) is 14.4 Å². The van der Waals surface area contributed by atoms with Crippen LogP contribution in [0, 0.1) is 0 Å². The summed E-state index contributed by atoms with van der Waals surface area (Å²) in [7, 11) is 1.78. The van der Waals surface area contributed by atoms with Crippen molar-refractivity contribution < 1.29 is 14.4 Å². The smallest absolute Gasteiger partial charge is 0.325 e. The van der Waals surface area contributed by atoms with Crippen molar-refractivity contribution in [3.05, 3.63) is 22.4 Å². The SMILES string of the molecule is CN(Cc1ccsc1)C(=O)CCCN1C(=O)NC2(CCCC2)C1=O. The molecule has 6 nitrogen and oxygen atoms in total. The number of carbonyl (C=O) groups is 3. The van der Waals surface area contributed by atoms with Gasteiger partial charge in [0.15, 0.2) is 0 Å². The van der Waals surface area contributed by atoms with E-state index in [1.54, 1.807) is 23.3 Å². The van der Waals surface area contributed by atoms with Crippen LogP contribution in [-0.4, -0.2) is 46.8 Å². The first-order chi connectivity index (χ1) is 11.5. The topological polar surface area (TPSA) is 69.7 Å². The van der Waals surface area contributed by atoms with Crippen LogP contribution in [0.5, 0.6) is 0 Å². The van der Waals surface area contributed by atoms with Gasteiger partial charge in [-0.15, -0.1) is 0 Å². The van der Waals surface area contributed by atoms with Crippen LogP contribution in [0.15, 0.2) is 16.8 Å². The van der Waals surface area contributed by atoms with E-state index in [-0.39, 0.29) is 17.8 Å². The van der Waals surface area contributed by atoms with Crippen LogP contribution in [0.4, 0.5) is 4.79 Å². The summed E-state index contributed by atoms with van der Waals surface area (Å²) in [5.74, 6) is -0.0760. The minimum Gasteiger partial charge on any atom is -0.341 e. The summed E-state index contributed by atoms with van der Waals surface area (Å²) in [6, 6.07) is 1.70. The van der Waals surface area contributed by atoms with Crippen LogP contribution in [0.2, 0.25) is 0 Å². The number of hydrogen-bond donors (Lipinski definition) is 1. The van der Waals surface area contributed by atoms with Gasteiger partial charge in [0.25, 0.3) is 5.91 Å². The molecule has 1 saturated heterocycles. The number of carbonyl (C=O) groups excluding carboxylic acids is 3. The minimum atomic E-state index is -0.656. The van der Waals surface area contributed by atoms with Crippen LogP contribution in [-0.2, 0) is 16.1 Å². The molecule has 0 aromatic carbocycles. The second kappa shape index (κ2) is 6.93. The van der Waals surface area contributed by atoms with Crippen LogP contribution >= 0.6 is 11.3 Å². The van der Waals surface area contributed by atoms with Gasteiger partial charge in [0.1, 0.15) is 5.54 Å². The highest BCUT2D eigenvalue weighted by Crippen LogP contribution is 2.35. The first-order valence-corrected chi connectivity index (χ1v) is 9.35. The lowest BCUT2D eigenvalue weighted by atomic mass is 9.98. The highest BCUT2D eigenvalue weighted by atomic mass is 32.1. The largest absolute Gasteiger partial charge is 0.341 e. The molecule has 24 heavy (non-hydrogen) atoms. The van der Waals surface area contributed by atoms with Crippen molar-refractivity contribution in [1.82, 2.24) is 15.1 Å². The van der Waals surface area contributed by atoms with Crippen molar-refractivity contribution >= 4 is 29.2 Å². The molecule has 2 heterocycles. The number of thiophene rings is 1. The highest BCUT2D eigenvalue weighted by molar-refractivity contribution is 7.07. The first-order valence-electron chi connectivity index (χ1n) is 8.41. The van der Waals surface area contributed by atoms with Gasteiger partial charge in [-0.3, -0.25) is 14.5 Å². The molecule has 0 bridgehead atoms. The maximum Gasteiger partial charge on any atom is 0.325 e. The monoisotopic (exact) mass is 349 g/mol. The van der Waals surface area contributed by atoms with E-state index in [2.05, 4.69) is 5.32 Å². The fraction of sp³-hybridized carbons (Fsp3) is 0.588. The van der Waals surface area contributed by atoms with Gasteiger partial charge in [-0.25, -0.2) is 4.79 Å². The Hall–Kier alpha value is -1.89. The fourth-order valence-corrected chi connectivity index (χ4v) is 4.18. The summed E-state index contributed by atoms with van der Waals surface area (Å²) in [6.07, 6.45) is 4.26. The highest BCUT2D eigenvalue weighted by Gasteiger charge is 2.51. The molecule has 1 saturated carbocycles. The van der Waals surface area contributed by atoms with Crippen molar-refractivity contribution in [3.8, 4) is 0 Å². The van der Waals surface area contributed by atoms with E-state index in [0.717, 1.165) is 31.2 Å². The first kappa shape index (κ1) is 17.0. The number of urea groups is 1. The maximum absolute atomic E-state index is 12.5. The molecule has 1 aliphatic heterocycles. The molecule has 0 unspecified atom stereocenters. The zero-order valence-corrected chi connectivity index (χ0v) is 14.7. The molecule has 0 radical (unpaired) electrons.